The molecular weight excluding hydrogens is 286 g/mol. The summed E-state index contributed by atoms with van der Waals surface area (Å²) in [5.74, 6) is -1.38. The minimum absolute atomic E-state index is 0.00567. The molecule has 0 unspecified atom stereocenters. The molecule has 0 spiro atoms. The van der Waals surface area contributed by atoms with Crippen LogP contribution in [-0.2, 0) is 16.0 Å². The first kappa shape index (κ1) is 15.4. The van der Waals surface area contributed by atoms with Crippen molar-refractivity contribution in [2.45, 2.75) is 6.42 Å². The van der Waals surface area contributed by atoms with Crippen LogP contribution in [-0.4, -0.2) is 53.0 Å². The van der Waals surface area contributed by atoms with Gasteiger partial charge in [-0.1, -0.05) is 12.1 Å². The molecule has 1 aromatic carbocycles. The van der Waals surface area contributed by atoms with Crippen molar-refractivity contribution in [3.63, 3.8) is 0 Å². The largest absolute Gasteiger partial charge is 0.445 e. The van der Waals surface area contributed by atoms with Gasteiger partial charge >= 0.3 is 11.9 Å². The van der Waals surface area contributed by atoms with E-state index in [0.717, 1.165) is 9.48 Å². The predicted octanol–water partition coefficient (Wildman–Crippen LogP) is -0.630. The molecule has 22 heavy (non-hydrogen) atoms. The van der Waals surface area contributed by atoms with Crippen molar-refractivity contribution in [2.24, 2.45) is 10.7 Å². The summed E-state index contributed by atoms with van der Waals surface area (Å²) in [6, 6.07) is 6.16. The molecule has 0 aromatic heterocycles. The van der Waals surface area contributed by atoms with Gasteiger partial charge in [0.2, 0.25) is 5.71 Å². The van der Waals surface area contributed by atoms with Crippen LogP contribution < -0.4 is 11.5 Å². The van der Waals surface area contributed by atoms with Crippen molar-refractivity contribution in [3.8, 4) is 0 Å². The molecule has 0 saturated carbocycles. The lowest BCUT2D eigenvalue weighted by Crippen LogP contribution is -2.55. The van der Waals surface area contributed by atoms with Crippen molar-refractivity contribution < 1.29 is 19.0 Å². The molecule has 0 saturated heterocycles. The van der Waals surface area contributed by atoms with Gasteiger partial charge in [-0.15, -0.1) is 0 Å². The molecule has 8 nitrogen and oxygen atoms in total. The zero-order chi connectivity index (χ0) is 16.4. The molecule has 0 radical (unpaired) electrons. The molecule has 4 N–H and O–H groups in total. The second kappa shape index (κ2) is 5.76. The van der Waals surface area contributed by atoms with Crippen molar-refractivity contribution in [1.82, 2.24) is 4.90 Å². The SMILES string of the molecule is CN1C(=O)C(=NC(=O)Cc2ccc(N)cc2)C(N)=[N+](C)C1=O. The molecule has 8 heteroatoms. The maximum absolute atomic E-state index is 12.0. The number of carbonyl (C=O) groups is 3. The Hall–Kier alpha value is -3.03. The Morgan fingerprint density at radius 3 is 2.41 bits per heavy atom. The van der Waals surface area contributed by atoms with E-state index in [9.17, 15) is 14.4 Å². The quantitative estimate of drug-likeness (QED) is 0.556. The van der Waals surface area contributed by atoms with Crippen LogP contribution in [0.25, 0.3) is 0 Å². The fraction of sp³-hybridized carbons (Fsp3) is 0.214. The normalized spacial score (nSPS) is 17.4. The van der Waals surface area contributed by atoms with Crippen LogP contribution in [0.3, 0.4) is 0 Å². The lowest BCUT2D eigenvalue weighted by molar-refractivity contribution is -0.401. The number of carbonyl (C=O) groups excluding carboxylic acids is 3. The van der Waals surface area contributed by atoms with E-state index in [2.05, 4.69) is 4.99 Å². The highest BCUT2D eigenvalue weighted by Gasteiger charge is 2.39. The first-order chi connectivity index (χ1) is 10.3. The van der Waals surface area contributed by atoms with Gasteiger partial charge in [0.1, 0.15) is 0 Å². The van der Waals surface area contributed by atoms with Gasteiger partial charge < -0.3 is 11.5 Å². The van der Waals surface area contributed by atoms with Gasteiger partial charge in [0.25, 0.3) is 11.7 Å². The number of nitrogen functional groups attached to an aromatic ring is 1. The summed E-state index contributed by atoms with van der Waals surface area (Å²) >= 11 is 0. The molecule has 1 aliphatic rings. The van der Waals surface area contributed by atoms with E-state index in [4.69, 9.17) is 11.5 Å². The molecule has 4 amide bonds. The number of hydrogen-bond acceptors (Lipinski definition) is 5. The van der Waals surface area contributed by atoms with Crippen LogP contribution >= 0.6 is 0 Å². The number of benzene rings is 1. The third-order valence-electron chi connectivity index (χ3n) is 3.26. The average molecular weight is 302 g/mol. The highest BCUT2D eigenvalue weighted by Crippen LogP contribution is 2.07. The van der Waals surface area contributed by atoms with Crippen LogP contribution in [0.2, 0.25) is 0 Å². The Morgan fingerprint density at radius 1 is 1.23 bits per heavy atom. The van der Waals surface area contributed by atoms with Crippen molar-refractivity contribution in [2.75, 3.05) is 19.8 Å². The Bertz CT molecular complexity index is 718. The third-order valence-corrected chi connectivity index (χ3v) is 3.26. The van der Waals surface area contributed by atoms with Crippen molar-refractivity contribution in [3.05, 3.63) is 29.8 Å². The molecule has 2 rings (SSSR count). The van der Waals surface area contributed by atoms with Gasteiger partial charge in [0.15, 0.2) is 0 Å². The van der Waals surface area contributed by atoms with E-state index < -0.39 is 17.8 Å². The Kier molecular flexibility index (Phi) is 4.02. The molecule has 114 valence electrons. The highest BCUT2D eigenvalue weighted by molar-refractivity contribution is 6.67. The van der Waals surface area contributed by atoms with Crippen LogP contribution in [0, 0.1) is 0 Å². The van der Waals surface area contributed by atoms with E-state index in [1.54, 1.807) is 24.3 Å². The minimum atomic E-state index is -0.703. The minimum Gasteiger partial charge on any atom is -0.399 e. The van der Waals surface area contributed by atoms with Gasteiger partial charge in [0, 0.05) is 5.69 Å². The van der Waals surface area contributed by atoms with Crippen molar-refractivity contribution in [1.29, 1.82) is 0 Å². The molecule has 1 heterocycles. The lowest BCUT2D eigenvalue weighted by atomic mass is 10.1. The van der Waals surface area contributed by atoms with Crippen LogP contribution in [0.15, 0.2) is 29.3 Å². The molecule has 0 bridgehead atoms. The number of amides is 4. The predicted molar refractivity (Wildman–Crippen MR) is 80.5 cm³/mol. The van der Waals surface area contributed by atoms with Crippen LogP contribution in [0.1, 0.15) is 5.56 Å². The van der Waals surface area contributed by atoms with Gasteiger partial charge in [-0.05, 0) is 17.7 Å². The van der Waals surface area contributed by atoms with E-state index in [1.807, 2.05) is 0 Å². The summed E-state index contributed by atoms with van der Waals surface area (Å²) in [7, 11) is 2.70. The van der Waals surface area contributed by atoms with E-state index in [-0.39, 0.29) is 18.0 Å². The number of aliphatic imine (C=N–C) groups is 1. The molecule has 1 aromatic rings. The summed E-state index contributed by atoms with van der Waals surface area (Å²) < 4.78 is 1.07. The molecule has 0 atom stereocenters. The monoisotopic (exact) mass is 302 g/mol. The lowest BCUT2D eigenvalue weighted by Gasteiger charge is -2.17. The summed E-state index contributed by atoms with van der Waals surface area (Å²) in [5, 5.41) is 0. The average Bonchev–Trinajstić information content (AvgIpc) is 2.50. The number of nitrogens with two attached hydrogens (primary N) is 2. The Labute approximate surface area is 126 Å². The Balaban J connectivity index is 2.27. The maximum atomic E-state index is 12.0. The first-order valence-corrected chi connectivity index (χ1v) is 6.45. The highest BCUT2D eigenvalue weighted by atomic mass is 16.2. The smallest absolute Gasteiger partial charge is 0.399 e. The number of amidine groups is 1. The first-order valence-electron chi connectivity index (χ1n) is 6.45. The summed E-state index contributed by atoms with van der Waals surface area (Å²) in [5.41, 5.74) is 12.3. The van der Waals surface area contributed by atoms with E-state index in [1.165, 1.54) is 14.1 Å². The molecule has 0 fully saturated rings. The number of anilines is 1. The number of urea groups is 1. The standard InChI is InChI=1S/C14H15N5O3/c1-18-12(16)11(13(21)19(2)14(18)22)17-10(20)7-8-3-5-9(15)6-4-8/h3-6,16H,7,15H2,1-2H3/p+1. The summed E-state index contributed by atoms with van der Waals surface area (Å²) in [6.07, 6.45) is 0.00567. The van der Waals surface area contributed by atoms with Gasteiger partial charge in [-0.25, -0.2) is 9.59 Å². The van der Waals surface area contributed by atoms with Gasteiger partial charge in [0.05, 0.1) is 20.5 Å². The fourth-order valence-electron chi connectivity index (χ4n) is 1.92. The zero-order valence-corrected chi connectivity index (χ0v) is 12.2. The topological polar surface area (TPSA) is 122 Å². The molecule has 0 aliphatic carbocycles. The maximum Gasteiger partial charge on any atom is 0.445 e. The zero-order valence-electron chi connectivity index (χ0n) is 12.2. The molecule has 1 aliphatic heterocycles. The number of nitrogens with zero attached hydrogens (tertiary/aromatic N) is 3. The van der Waals surface area contributed by atoms with Crippen LogP contribution in [0.4, 0.5) is 10.5 Å². The van der Waals surface area contributed by atoms with Gasteiger partial charge in [-0.2, -0.15) is 14.5 Å². The number of imide groups is 1. The number of rotatable bonds is 2. The van der Waals surface area contributed by atoms with E-state index in [0.29, 0.717) is 11.3 Å². The number of hydrogen-bond donors (Lipinski definition) is 2. The second-order valence-electron chi connectivity index (χ2n) is 4.86. The van der Waals surface area contributed by atoms with E-state index >= 15 is 0 Å². The second-order valence-corrected chi connectivity index (χ2v) is 4.86. The third kappa shape index (κ3) is 2.85. The summed E-state index contributed by atoms with van der Waals surface area (Å²) in [4.78, 5) is 40.3. The summed E-state index contributed by atoms with van der Waals surface area (Å²) in [6.45, 7) is 0. The Morgan fingerprint density at radius 2 is 1.82 bits per heavy atom. The van der Waals surface area contributed by atoms with Gasteiger partial charge in [-0.3, -0.25) is 4.79 Å². The fourth-order valence-corrected chi connectivity index (χ4v) is 1.92. The molecular formula is C14H16N5O3+. The van der Waals surface area contributed by atoms with Crippen molar-refractivity contribution >= 4 is 35.1 Å². The van der Waals surface area contributed by atoms with Crippen LogP contribution in [0.5, 0.6) is 0 Å².